The van der Waals surface area contributed by atoms with Crippen molar-refractivity contribution in [2.24, 2.45) is 0 Å². The van der Waals surface area contributed by atoms with E-state index in [4.69, 9.17) is 5.73 Å². The monoisotopic (exact) mass is 403 g/mol. The number of nitrogens with two attached hydrogens (primary N) is 1. The van der Waals surface area contributed by atoms with Gasteiger partial charge in [-0.2, -0.15) is 0 Å². The zero-order valence-corrected chi connectivity index (χ0v) is 16.5. The topological polar surface area (TPSA) is 77.2 Å². The van der Waals surface area contributed by atoms with Crippen LogP contribution in [0.3, 0.4) is 0 Å². The van der Waals surface area contributed by atoms with E-state index in [0.717, 1.165) is 11.1 Å². The van der Waals surface area contributed by atoms with Crippen molar-refractivity contribution < 1.29 is 14.4 Å². The van der Waals surface area contributed by atoms with Gasteiger partial charge in [-0.05, 0) is 23.3 Å². The van der Waals surface area contributed by atoms with Gasteiger partial charge in [-0.1, -0.05) is 78.9 Å². The average Bonchev–Trinajstić information content (AvgIpc) is 2.82. The number of ketones is 3. The van der Waals surface area contributed by atoms with Crippen molar-refractivity contribution in [2.75, 3.05) is 5.73 Å². The van der Waals surface area contributed by atoms with Gasteiger partial charge in [0.1, 0.15) is 0 Å². The van der Waals surface area contributed by atoms with Gasteiger partial charge < -0.3 is 5.73 Å². The Morgan fingerprint density at radius 3 is 1.84 bits per heavy atom. The van der Waals surface area contributed by atoms with Gasteiger partial charge in [0.05, 0.1) is 5.56 Å². The van der Waals surface area contributed by atoms with Crippen LogP contribution in [0.25, 0.3) is 11.1 Å². The lowest BCUT2D eigenvalue weighted by Gasteiger charge is -2.21. The minimum atomic E-state index is -0.380. The number of nitrogen functional groups attached to an aromatic ring is 1. The van der Waals surface area contributed by atoms with Gasteiger partial charge in [0.25, 0.3) is 0 Å². The van der Waals surface area contributed by atoms with Crippen LogP contribution in [0.4, 0.5) is 5.69 Å². The fourth-order valence-corrected chi connectivity index (χ4v) is 4.04. The first-order valence-corrected chi connectivity index (χ1v) is 9.87. The summed E-state index contributed by atoms with van der Waals surface area (Å²) in [4.78, 5) is 39.6. The Bertz CT molecular complexity index is 1370. The molecule has 5 rings (SSSR count). The van der Waals surface area contributed by atoms with Crippen molar-refractivity contribution >= 4 is 23.0 Å². The largest absolute Gasteiger partial charge is 0.398 e. The molecule has 0 saturated heterocycles. The van der Waals surface area contributed by atoms with Gasteiger partial charge in [0.15, 0.2) is 17.3 Å². The van der Waals surface area contributed by atoms with Crippen LogP contribution in [-0.2, 0) is 0 Å². The summed E-state index contributed by atoms with van der Waals surface area (Å²) in [7, 11) is 0. The normalized spacial score (nSPS) is 12.3. The van der Waals surface area contributed by atoms with Crippen molar-refractivity contribution in [1.82, 2.24) is 0 Å². The number of benzene rings is 4. The van der Waals surface area contributed by atoms with E-state index in [1.165, 1.54) is 12.1 Å². The van der Waals surface area contributed by atoms with Crippen LogP contribution in [0.5, 0.6) is 0 Å². The maximum Gasteiger partial charge on any atom is 0.195 e. The molecule has 0 heterocycles. The SMILES string of the molecule is Nc1ccc2c(c1C(=O)c1ccc(-c3ccccc3)cc1)C(=O)c1ccccc1C2=O. The van der Waals surface area contributed by atoms with Crippen molar-refractivity contribution in [3.63, 3.8) is 0 Å². The fourth-order valence-electron chi connectivity index (χ4n) is 4.04. The second kappa shape index (κ2) is 7.18. The first-order valence-electron chi connectivity index (χ1n) is 9.87. The van der Waals surface area contributed by atoms with E-state index < -0.39 is 0 Å². The summed E-state index contributed by atoms with van der Waals surface area (Å²) in [6.45, 7) is 0. The van der Waals surface area contributed by atoms with Crippen molar-refractivity contribution in [3.05, 3.63) is 124 Å². The van der Waals surface area contributed by atoms with Crippen LogP contribution in [0.1, 0.15) is 47.8 Å². The molecule has 0 aromatic heterocycles. The second-order valence-electron chi connectivity index (χ2n) is 7.43. The number of hydrogen-bond donors (Lipinski definition) is 1. The molecule has 0 bridgehead atoms. The van der Waals surface area contributed by atoms with E-state index in [-0.39, 0.29) is 39.7 Å². The number of anilines is 1. The molecule has 0 unspecified atom stereocenters. The molecule has 0 atom stereocenters. The standard InChI is InChI=1S/C27H17NO3/c28-22-15-14-21-23(27(31)20-9-5-4-8-19(20)26(21)30)24(22)25(29)18-12-10-17(11-13-18)16-6-2-1-3-7-16/h1-15H,28H2. The first-order chi connectivity index (χ1) is 15.1. The zero-order valence-electron chi connectivity index (χ0n) is 16.5. The highest BCUT2D eigenvalue weighted by molar-refractivity contribution is 6.32. The highest BCUT2D eigenvalue weighted by atomic mass is 16.1. The summed E-state index contributed by atoms with van der Waals surface area (Å²) < 4.78 is 0. The van der Waals surface area contributed by atoms with Crippen LogP contribution in [-0.4, -0.2) is 17.3 Å². The van der Waals surface area contributed by atoms with Gasteiger partial charge in [0.2, 0.25) is 0 Å². The van der Waals surface area contributed by atoms with E-state index >= 15 is 0 Å². The summed E-state index contributed by atoms with van der Waals surface area (Å²) in [6, 6.07) is 26.7. The molecule has 4 nitrogen and oxygen atoms in total. The molecule has 0 spiro atoms. The lowest BCUT2D eigenvalue weighted by Crippen LogP contribution is -2.25. The van der Waals surface area contributed by atoms with Gasteiger partial charge >= 0.3 is 0 Å². The molecule has 1 aliphatic rings. The predicted octanol–water partition coefficient (Wildman–Crippen LogP) is 4.94. The minimum absolute atomic E-state index is 0.0813. The fraction of sp³-hybridized carbons (Fsp3) is 0. The van der Waals surface area contributed by atoms with Crippen LogP contribution in [0.15, 0.2) is 91.0 Å². The van der Waals surface area contributed by atoms with Gasteiger partial charge in [-0.15, -0.1) is 0 Å². The van der Waals surface area contributed by atoms with Gasteiger partial charge in [-0.25, -0.2) is 0 Å². The smallest absolute Gasteiger partial charge is 0.195 e. The number of carbonyl (C=O) groups excluding carboxylic acids is 3. The molecule has 0 amide bonds. The maximum absolute atomic E-state index is 13.4. The molecule has 0 aliphatic heterocycles. The molecule has 1 aliphatic carbocycles. The minimum Gasteiger partial charge on any atom is -0.398 e. The predicted molar refractivity (Wildman–Crippen MR) is 119 cm³/mol. The molecular formula is C27H17NO3. The molecule has 4 heteroatoms. The summed E-state index contributed by atoms with van der Waals surface area (Å²) in [5.74, 6) is -1.02. The van der Waals surface area contributed by atoms with Gasteiger partial charge in [0, 0.05) is 33.5 Å². The number of carbonyl (C=O) groups is 3. The average molecular weight is 403 g/mol. The first kappa shape index (κ1) is 18.7. The van der Waals surface area contributed by atoms with E-state index in [1.807, 2.05) is 42.5 Å². The maximum atomic E-state index is 13.4. The lowest BCUT2D eigenvalue weighted by molar-refractivity contribution is 0.0971. The highest BCUT2D eigenvalue weighted by Crippen LogP contribution is 2.33. The molecule has 0 fully saturated rings. The quantitative estimate of drug-likeness (QED) is 0.342. The van der Waals surface area contributed by atoms with E-state index in [1.54, 1.807) is 36.4 Å². The highest BCUT2D eigenvalue weighted by Gasteiger charge is 2.34. The van der Waals surface area contributed by atoms with Crippen molar-refractivity contribution in [2.45, 2.75) is 0 Å². The molecule has 31 heavy (non-hydrogen) atoms. The number of rotatable bonds is 3. The van der Waals surface area contributed by atoms with Crippen LogP contribution >= 0.6 is 0 Å². The summed E-state index contributed by atoms with van der Waals surface area (Å²) >= 11 is 0. The molecule has 0 radical (unpaired) electrons. The molecule has 148 valence electrons. The number of hydrogen-bond acceptors (Lipinski definition) is 4. The Morgan fingerprint density at radius 1 is 0.581 bits per heavy atom. The Labute approximate surface area is 179 Å². The number of fused-ring (bicyclic) bond motifs is 2. The van der Waals surface area contributed by atoms with Crippen molar-refractivity contribution in [3.8, 4) is 11.1 Å². The van der Waals surface area contributed by atoms with E-state index in [9.17, 15) is 14.4 Å². The molecular weight excluding hydrogens is 386 g/mol. The Balaban J connectivity index is 1.61. The third-order valence-electron chi connectivity index (χ3n) is 5.61. The summed E-state index contributed by atoms with van der Waals surface area (Å²) in [5, 5.41) is 0. The molecule has 2 N–H and O–H groups in total. The van der Waals surface area contributed by atoms with Crippen molar-refractivity contribution in [1.29, 1.82) is 0 Å². The Kier molecular flexibility index (Phi) is 4.33. The van der Waals surface area contributed by atoms with Crippen LogP contribution in [0, 0.1) is 0 Å². The Morgan fingerprint density at radius 2 is 1.16 bits per heavy atom. The molecule has 4 aromatic rings. The lowest BCUT2D eigenvalue weighted by atomic mass is 9.80. The second-order valence-corrected chi connectivity index (χ2v) is 7.43. The molecule has 4 aromatic carbocycles. The molecule has 0 saturated carbocycles. The van der Waals surface area contributed by atoms with E-state index in [2.05, 4.69) is 0 Å². The van der Waals surface area contributed by atoms with Gasteiger partial charge in [-0.3, -0.25) is 14.4 Å². The van der Waals surface area contributed by atoms with Crippen LogP contribution in [0.2, 0.25) is 0 Å². The third-order valence-corrected chi connectivity index (χ3v) is 5.61. The third kappa shape index (κ3) is 2.97. The zero-order chi connectivity index (χ0) is 21.5. The van der Waals surface area contributed by atoms with Crippen LogP contribution < -0.4 is 5.73 Å². The summed E-state index contributed by atoms with van der Waals surface area (Å²) in [5.41, 5.74) is 9.75. The summed E-state index contributed by atoms with van der Waals surface area (Å²) in [6.07, 6.45) is 0. The van der Waals surface area contributed by atoms with E-state index in [0.29, 0.717) is 16.7 Å². The Hall–Kier alpha value is -4.31.